The quantitative estimate of drug-likeness (QED) is 0.857. The lowest BCUT2D eigenvalue weighted by Crippen LogP contribution is -2.33. The van der Waals surface area contributed by atoms with Crippen LogP contribution < -0.4 is 4.90 Å². The number of hydrogen-bond acceptors (Lipinski definition) is 3. The van der Waals surface area contributed by atoms with Crippen molar-refractivity contribution in [1.82, 2.24) is 4.98 Å². The number of ether oxygens (including phenoxy) is 1. The lowest BCUT2D eigenvalue weighted by Gasteiger charge is -2.29. The molecule has 0 radical (unpaired) electrons. The number of fused-ring (bicyclic) bond motifs is 1. The average Bonchev–Trinajstić information content (AvgIpc) is 2.47. The highest BCUT2D eigenvalue weighted by Crippen LogP contribution is 2.27. The van der Waals surface area contributed by atoms with Gasteiger partial charge in [-0.05, 0) is 43.5 Å². The lowest BCUT2D eigenvalue weighted by molar-refractivity contribution is 0.0216. The molecule has 1 fully saturated rings. The first-order chi connectivity index (χ1) is 9.74. The van der Waals surface area contributed by atoms with E-state index in [0.717, 1.165) is 35.5 Å². The van der Waals surface area contributed by atoms with Gasteiger partial charge in [-0.1, -0.05) is 11.6 Å². The Hall–Kier alpha value is -1.32. The fourth-order valence-electron chi connectivity index (χ4n) is 2.79. The smallest absolute Gasteiger partial charge is 0.0749 e. The van der Waals surface area contributed by atoms with E-state index >= 15 is 0 Å². The molecule has 1 aromatic carbocycles. The number of aromatic nitrogens is 1. The Morgan fingerprint density at radius 2 is 2.25 bits per heavy atom. The van der Waals surface area contributed by atoms with Gasteiger partial charge in [0, 0.05) is 42.5 Å². The van der Waals surface area contributed by atoms with Gasteiger partial charge in [-0.2, -0.15) is 0 Å². The van der Waals surface area contributed by atoms with Crippen LogP contribution in [0, 0.1) is 0 Å². The standard InChI is InChI=1S/C16H19ClN2O/c1-19(11-13-4-2-3-9-20-13)16-7-8-18-15-10-12(17)5-6-14(15)16/h5-8,10,13H,2-4,9,11H2,1H3. The van der Waals surface area contributed by atoms with E-state index in [0.29, 0.717) is 6.10 Å². The highest BCUT2D eigenvalue weighted by molar-refractivity contribution is 6.31. The van der Waals surface area contributed by atoms with Crippen molar-refractivity contribution in [1.29, 1.82) is 0 Å². The molecule has 1 aliphatic rings. The number of halogens is 1. The second-order valence-electron chi connectivity index (χ2n) is 5.36. The molecule has 2 heterocycles. The molecule has 1 aliphatic heterocycles. The number of rotatable bonds is 3. The molecule has 0 saturated carbocycles. The van der Waals surface area contributed by atoms with Crippen molar-refractivity contribution < 1.29 is 4.74 Å². The SMILES string of the molecule is CN(CC1CCCCO1)c1ccnc2cc(Cl)ccc12. The van der Waals surface area contributed by atoms with Crippen LogP contribution in [0.2, 0.25) is 5.02 Å². The third-order valence-electron chi connectivity index (χ3n) is 3.84. The molecule has 1 aromatic heterocycles. The minimum absolute atomic E-state index is 0.337. The molecule has 0 aliphatic carbocycles. The largest absolute Gasteiger partial charge is 0.376 e. The van der Waals surface area contributed by atoms with E-state index in [1.165, 1.54) is 18.5 Å². The van der Waals surface area contributed by atoms with Crippen LogP contribution in [0.15, 0.2) is 30.5 Å². The second-order valence-corrected chi connectivity index (χ2v) is 5.80. The summed E-state index contributed by atoms with van der Waals surface area (Å²) in [7, 11) is 2.11. The summed E-state index contributed by atoms with van der Waals surface area (Å²) < 4.78 is 5.82. The number of nitrogens with zero attached hydrogens (tertiary/aromatic N) is 2. The third kappa shape index (κ3) is 2.89. The maximum Gasteiger partial charge on any atom is 0.0749 e. The molecule has 0 spiro atoms. The predicted molar refractivity (Wildman–Crippen MR) is 83.6 cm³/mol. The Morgan fingerprint density at radius 3 is 3.05 bits per heavy atom. The summed E-state index contributed by atoms with van der Waals surface area (Å²) in [5, 5.41) is 1.86. The van der Waals surface area contributed by atoms with E-state index in [1.54, 1.807) is 0 Å². The number of pyridine rings is 1. The monoisotopic (exact) mass is 290 g/mol. The van der Waals surface area contributed by atoms with Gasteiger partial charge in [0.1, 0.15) is 0 Å². The number of anilines is 1. The Morgan fingerprint density at radius 1 is 1.35 bits per heavy atom. The van der Waals surface area contributed by atoms with E-state index in [2.05, 4.69) is 23.0 Å². The number of benzene rings is 1. The van der Waals surface area contributed by atoms with Crippen molar-refractivity contribution in [3.05, 3.63) is 35.5 Å². The van der Waals surface area contributed by atoms with Gasteiger partial charge in [-0.15, -0.1) is 0 Å². The molecule has 1 unspecified atom stereocenters. The maximum atomic E-state index is 6.03. The van der Waals surface area contributed by atoms with E-state index in [9.17, 15) is 0 Å². The molecule has 1 atom stereocenters. The van der Waals surface area contributed by atoms with Crippen LogP contribution in [-0.2, 0) is 4.74 Å². The molecule has 1 saturated heterocycles. The van der Waals surface area contributed by atoms with Gasteiger partial charge in [0.05, 0.1) is 11.6 Å². The van der Waals surface area contributed by atoms with Gasteiger partial charge >= 0.3 is 0 Å². The average molecular weight is 291 g/mol. The van der Waals surface area contributed by atoms with E-state index in [1.807, 2.05) is 24.4 Å². The molecular formula is C16H19ClN2O. The van der Waals surface area contributed by atoms with Crippen molar-refractivity contribution in [2.75, 3.05) is 25.1 Å². The summed E-state index contributed by atoms with van der Waals surface area (Å²) >= 11 is 6.03. The fraction of sp³-hybridized carbons (Fsp3) is 0.438. The fourth-order valence-corrected chi connectivity index (χ4v) is 2.96. The Bertz CT molecular complexity index is 596. The van der Waals surface area contributed by atoms with Crippen LogP contribution in [0.1, 0.15) is 19.3 Å². The molecule has 3 nitrogen and oxygen atoms in total. The molecule has 0 bridgehead atoms. The maximum absolute atomic E-state index is 6.03. The first-order valence-electron chi connectivity index (χ1n) is 7.11. The van der Waals surface area contributed by atoms with Crippen LogP contribution in [0.25, 0.3) is 10.9 Å². The van der Waals surface area contributed by atoms with Gasteiger partial charge in [-0.25, -0.2) is 0 Å². The van der Waals surface area contributed by atoms with Crippen LogP contribution in [-0.4, -0.2) is 31.3 Å². The zero-order valence-electron chi connectivity index (χ0n) is 11.7. The zero-order valence-corrected chi connectivity index (χ0v) is 12.4. The van der Waals surface area contributed by atoms with Gasteiger partial charge < -0.3 is 9.64 Å². The first kappa shape index (κ1) is 13.7. The molecular weight excluding hydrogens is 272 g/mol. The minimum Gasteiger partial charge on any atom is -0.376 e. The van der Waals surface area contributed by atoms with Crippen LogP contribution in [0.5, 0.6) is 0 Å². The molecule has 0 amide bonds. The molecule has 3 rings (SSSR count). The third-order valence-corrected chi connectivity index (χ3v) is 4.08. The molecule has 20 heavy (non-hydrogen) atoms. The predicted octanol–water partition coefficient (Wildman–Crippen LogP) is 3.89. The van der Waals surface area contributed by atoms with Crippen LogP contribution in [0.3, 0.4) is 0 Å². The molecule has 0 N–H and O–H groups in total. The van der Waals surface area contributed by atoms with Gasteiger partial charge in [-0.3, -0.25) is 4.98 Å². The number of hydrogen-bond donors (Lipinski definition) is 0. The minimum atomic E-state index is 0.337. The molecule has 2 aromatic rings. The summed E-state index contributed by atoms with van der Waals surface area (Å²) in [6.07, 6.45) is 5.79. The molecule has 4 heteroatoms. The van der Waals surface area contributed by atoms with Crippen molar-refractivity contribution >= 4 is 28.2 Å². The van der Waals surface area contributed by atoms with Crippen molar-refractivity contribution in [3.63, 3.8) is 0 Å². The summed E-state index contributed by atoms with van der Waals surface area (Å²) in [5.74, 6) is 0. The van der Waals surface area contributed by atoms with Crippen molar-refractivity contribution in [3.8, 4) is 0 Å². The lowest BCUT2D eigenvalue weighted by atomic mass is 10.1. The van der Waals surface area contributed by atoms with Crippen molar-refractivity contribution in [2.45, 2.75) is 25.4 Å². The van der Waals surface area contributed by atoms with Gasteiger partial charge in [0.15, 0.2) is 0 Å². The Balaban J connectivity index is 1.85. The molecule has 106 valence electrons. The Kier molecular flexibility index (Phi) is 4.08. The summed E-state index contributed by atoms with van der Waals surface area (Å²) in [6, 6.07) is 7.92. The van der Waals surface area contributed by atoms with E-state index < -0.39 is 0 Å². The summed E-state index contributed by atoms with van der Waals surface area (Å²) in [6.45, 7) is 1.81. The normalized spacial score (nSPS) is 19.2. The summed E-state index contributed by atoms with van der Waals surface area (Å²) in [5.41, 5.74) is 2.12. The first-order valence-corrected chi connectivity index (χ1v) is 7.49. The zero-order chi connectivity index (χ0) is 13.9. The number of likely N-dealkylation sites (N-methyl/N-ethyl adjacent to an activating group) is 1. The highest BCUT2D eigenvalue weighted by atomic mass is 35.5. The second kappa shape index (κ2) is 5.98. The topological polar surface area (TPSA) is 25.4 Å². The van der Waals surface area contributed by atoms with E-state index in [4.69, 9.17) is 16.3 Å². The summed E-state index contributed by atoms with van der Waals surface area (Å²) in [4.78, 5) is 6.65. The van der Waals surface area contributed by atoms with Crippen LogP contribution >= 0.6 is 11.6 Å². The van der Waals surface area contributed by atoms with Gasteiger partial charge in [0.2, 0.25) is 0 Å². The van der Waals surface area contributed by atoms with Crippen LogP contribution in [0.4, 0.5) is 5.69 Å². The van der Waals surface area contributed by atoms with E-state index in [-0.39, 0.29) is 0 Å². The van der Waals surface area contributed by atoms with Gasteiger partial charge in [0.25, 0.3) is 0 Å². The Labute approximate surface area is 124 Å². The highest BCUT2D eigenvalue weighted by Gasteiger charge is 2.17. The van der Waals surface area contributed by atoms with Crippen molar-refractivity contribution in [2.24, 2.45) is 0 Å².